The van der Waals surface area contributed by atoms with Crippen molar-refractivity contribution in [3.8, 4) is 0 Å². The lowest BCUT2D eigenvalue weighted by Crippen LogP contribution is -2.01. The van der Waals surface area contributed by atoms with Crippen molar-refractivity contribution < 1.29 is 15.0 Å². The monoisotopic (exact) mass is 254 g/mol. The molecule has 1 unspecified atom stereocenters. The highest BCUT2D eigenvalue weighted by atomic mass is 35.5. The van der Waals surface area contributed by atoms with E-state index in [1.165, 1.54) is 0 Å². The maximum atomic E-state index is 10.3. The molecule has 0 aliphatic carbocycles. The van der Waals surface area contributed by atoms with Crippen molar-refractivity contribution >= 4 is 40.5 Å². The summed E-state index contributed by atoms with van der Waals surface area (Å²) in [7, 11) is 0. The molecular formula is C8H8Cl2O3S. The number of thiophene rings is 1. The SMILES string of the molecule is O=C(O)CCC(O)c1cc(Cl)sc1Cl. The van der Waals surface area contributed by atoms with Crippen LogP contribution < -0.4 is 0 Å². The Balaban J connectivity index is 2.64. The van der Waals surface area contributed by atoms with Gasteiger partial charge in [-0.2, -0.15) is 0 Å². The zero-order chi connectivity index (χ0) is 10.7. The number of carboxylic acid groups (broad SMARTS) is 1. The summed E-state index contributed by atoms with van der Waals surface area (Å²) in [4.78, 5) is 10.3. The lowest BCUT2D eigenvalue weighted by Gasteiger charge is -2.06. The van der Waals surface area contributed by atoms with Crippen molar-refractivity contribution in [2.24, 2.45) is 0 Å². The zero-order valence-corrected chi connectivity index (χ0v) is 9.36. The van der Waals surface area contributed by atoms with Crippen molar-refractivity contribution in [3.05, 3.63) is 20.3 Å². The fourth-order valence-electron chi connectivity index (χ4n) is 0.996. The van der Waals surface area contributed by atoms with Gasteiger partial charge in [0.15, 0.2) is 0 Å². The van der Waals surface area contributed by atoms with Crippen molar-refractivity contribution in [1.82, 2.24) is 0 Å². The Kier molecular flexibility index (Phi) is 4.19. The first-order valence-electron chi connectivity index (χ1n) is 3.85. The summed E-state index contributed by atoms with van der Waals surface area (Å²) in [6, 6.07) is 1.56. The molecule has 0 aliphatic heterocycles. The van der Waals surface area contributed by atoms with Crippen LogP contribution in [0.3, 0.4) is 0 Å². The second-order valence-corrected chi connectivity index (χ2v) is 5.01. The Morgan fingerprint density at radius 3 is 2.64 bits per heavy atom. The number of carbonyl (C=O) groups is 1. The number of hydrogen-bond donors (Lipinski definition) is 2. The molecule has 0 saturated carbocycles. The summed E-state index contributed by atoms with van der Waals surface area (Å²) in [5.41, 5.74) is 0.503. The summed E-state index contributed by atoms with van der Waals surface area (Å²) >= 11 is 12.6. The van der Waals surface area contributed by atoms with Gasteiger partial charge in [-0.3, -0.25) is 4.79 Å². The first-order valence-corrected chi connectivity index (χ1v) is 5.42. The Morgan fingerprint density at radius 2 is 2.21 bits per heavy atom. The molecule has 78 valence electrons. The third-order valence-corrected chi connectivity index (χ3v) is 3.19. The standard InChI is InChI=1S/C8H8Cl2O3S/c9-6-3-4(8(10)14-6)5(11)1-2-7(12)13/h3,5,11H,1-2H2,(H,12,13). The molecule has 2 N–H and O–H groups in total. The highest BCUT2D eigenvalue weighted by Gasteiger charge is 2.15. The molecular weight excluding hydrogens is 247 g/mol. The number of rotatable bonds is 4. The highest BCUT2D eigenvalue weighted by molar-refractivity contribution is 7.20. The Hall–Kier alpha value is -0.290. The molecule has 1 rings (SSSR count). The van der Waals surface area contributed by atoms with E-state index in [4.69, 9.17) is 28.3 Å². The average Bonchev–Trinajstić information content (AvgIpc) is 2.41. The van der Waals surface area contributed by atoms with Crippen LogP contribution in [-0.2, 0) is 4.79 Å². The number of hydrogen-bond acceptors (Lipinski definition) is 3. The zero-order valence-electron chi connectivity index (χ0n) is 7.04. The van der Waals surface area contributed by atoms with Gasteiger partial charge >= 0.3 is 5.97 Å². The summed E-state index contributed by atoms with van der Waals surface area (Å²) in [5, 5.41) is 18.0. The van der Waals surface area contributed by atoms with E-state index in [2.05, 4.69) is 0 Å². The van der Waals surface area contributed by atoms with Crippen LogP contribution in [0.5, 0.6) is 0 Å². The van der Waals surface area contributed by atoms with Gasteiger partial charge in [0, 0.05) is 12.0 Å². The summed E-state index contributed by atoms with van der Waals surface area (Å²) in [6.45, 7) is 0. The highest BCUT2D eigenvalue weighted by Crippen LogP contribution is 2.36. The maximum absolute atomic E-state index is 10.3. The number of halogens is 2. The van der Waals surface area contributed by atoms with Crippen molar-refractivity contribution in [2.75, 3.05) is 0 Å². The molecule has 3 nitrogen and oxygen atoms in total. The van der Waals surface area contributed by atoms with Crippen LogP contribution in [0.1, 0.15) is 24.5 Å². The van der Waals surface area contributed by atoms with E-state index in [-0.39, 0.29) is 12.8 Å². The normalized spacial score (nSPS) is 12.8. The van der Waals surface area contributed by atoms with E-state index in [0.717, 1.165) is 11.3 Å². The molecule has 1 aromatic heterocycles. The lowest BCUT2D eigenvalue weighted by molar-refractivity contribution is -0.137. The minimum absolute atomic E-state index is 0.0923. The molecule has 0 fully saturated rings. The fraction of sp³-hybridized carbons (Fsp3) is 0.375. The number of aliphatic hydroxyl groups is 1. The minimum atomic E-state index is -0.943. The molecule has 0 saturated heterocycles. The quantitative estimate of drug-likeness (QED) is 0.869. The van der Waals surface area contributed by atoms with Crippen LogP contribution in [0.15, 0.2) is 6.07 Å². The van der Waals surface area contributed by atoms with Crippen LogP contribution in [0.2, 0.25) is 8.67 Å². The van der Waals surface area contributed by atoms with Gasteiger partial charge in [-0.05, 0) is 12.5 Å². The molecule has 0 aliphatic rings. The van der Waals surface area contributed by atoms with Crippen molar-refractivity contribution in [3.63, 3.8) is 0 Å². The number of aliphatic hydroxyl groups excluding tert-OH is 1. The van der Waals surface area contributed by atoms with Gasteiger partial charge in [0.05, 0.1) is 10.4 Å². The van der Waals surface area contributed by atoms with E-state index in [1.54, 1.807) is 6.07 Å². The molecule has 1 aromatic rings. The van der Waals surface area contributed by atoms with Crippen molar-refractivity contribution in [1.29, 1.82) is 0 Å². The Bertz CT molecular complexity index is 337. The van der Waals surface area contributed by atoms with Crippen LogP contribution >= 0.6 is 34.5 Å². The van der Waals surface area contributed by atoms with Gasteiger partial charge in [0.2, 0.25) is 0 Å². The average molecular weight is 255 g/mol. The van der Waals surface area contributed by atoms with E-state index in [1.807, 2.05) is 0 Å². The van der Waals surface area contributed by atoms with Crippen LogP contribution in [-0.4, -0.2) is 16.2 Å². The molecule has 0 bridgehead atoms. The maximum Gasteiger partial charge on any atom is 0.303 e. The molecule has 1 atom stereocenters. The van der Waals surface area contributed by atoms with E-state index in [0.29, 0.717) is 14.2 Å². The summed E-state index contributed by atoms with van der Waals surface area (Å²) < 4.78 is 0.896. The largest absolute Gasteiger partial charge is 0.481 e. The van der Waals surface area contributed by atoms with Crippen LogP contribution in [0.4, 0.5) is 0 Å². The number of aliphatic carboxylic acids is 1. The molecule has 0 aromatic carbocycles. The predicted octanol–water partition coefficient (Wildman–Crippen LogP) is 2.95. The van der Waals surface area contributed by atoms with Crippen LogP contribution in [0.25, 0.3) is 0 Å². The summed E-state index contributed by atoms with van der Waals surface area (Å²) in [6.07, 6.45) is -0.810. The molecule has 6 heteroatoms. The summed E-state index contributed by atoms with van der Waals surface area (Å²) in [5.74, 6) is -0.943. The van der Waals surface area contributed by atoms with E-state index in [9.17, 15) is 9.90 Å². The minimum Gasteiger partial charge on any atom is -0.481 e. The first kappa shape index (κ1) is 11.8. The van der Waals surface area contributed by atoms with Crippen molar-refractivity contribution in [2.45, 2.75) is 18.9 Å². The smallest absolute Gasteiger partial charge is 0.303 e. The Labute approximate surface area is 94.9 Å². The molecule has 0 amide bonds. The molecule has 14 heavy (non-hydrogen) atoms. The van der Waals surface area contributed by atoms with Gasteiger partial charge in [-0.25, -0.2) is 0 Å². The lowest BCUT2D eigenvalue weighted by atomic mass is 10.1. The van der Waals surface area contributed by atoms with Gasteiger partial charge < -0.3 is 10.2 Å². The molecule has 0 spiro atoms. The predicted molar refractivity (Wildman–Crippen MR) is 56.2 cm³/mol. The van der Waals surface area contributed by atoms with Gasteiger partial charge in [-0.15, -0.1) is 11.3 Å². The third kappa shape index (κ3) is 3.13. The van der Waals surface area contributed by atoms with Gasteiger partial charge in [0.1, 0.15) is 4.34 Å². The third-order valence-electron chi connectivity index (χ3n) is 1.67. The first-order chi connectivity index (χ1) is 6.50. The Morgan fingerprint density at radius 1 is 1.57 bits per heavy atom. The fourth-order valence-corrected chi connectivity index (χ4v) is 2.56. The number of carboxylic acids is 1. The van der Waals surface area contributed by atoms with Gasteiger partial charge in [0.25, 0.3) is 0 Å². The van der Waals surface area contributed by atoms with E-state index < -0.39 is 12.1 Å². The topological polar surface area (TPSA) is 57.5 Å². The van der Waals surface area contributed by atoms with Gasteiger partial charge in [-0.1, -0.05) is 23.2 Å². The molecule has 1 heterocycles. The van der Waals surface area contributed by atoms with E-state index >= 15 is 0 Å². The van der Waals surface area contributed by atoms with Crippen LogP contribution in [0, 0.1) is 0 Å². The molecule has 0 radical (unpaired) electrons. The second-order valence-electron chi connectivity index (χ2n) is 2.73. The second kappa shape index (κ2) is 4.98.